The van der Waals surface area contributed by atoms with Crippen molar-refractivity contribution in [2.75, 3.05) is 0 Å². The molecule has 0 spiro atoms. The largest absolute Gasteiger partial charge is 0.463 e. The molecule has 0 fully saturated rings. The molecule has 0 saturated heterocycles. The maximum atomic E-state index is 12.6. The van der Waals surface area contributed by atoms with E-state index in [-0.39, 0.29) is 12.3 Å². The Morgan fingerprint density at radius 2 is 1.93 bits per heavy atom. The molecule has 7 nitrogen and oxygen atoms in total. The second-order valence-electron chi connectivity index (χ2n) is 6.14. The molecular weight excluding hydrogens is 382 g/mol. The summed E-state index contributed by atoms with van der Waals surface area (Å²) in [5, 5.41) is 8.74. The van der Waals surface area contributed by atoms with E-state index in [2.05, 4.69) is 10.3 Å². The zero-order valence-corrected chi connectivity index (χ0v) is 15.5. The monoisotopic (exact) mass is 395 g/mol. The minimum Gasteiger partial charge on any atom is -0.463 e. The highest BCUT2D eigenvalue weighted by Crippen LogP contribution is 2.29. The van der Waals surface area contributed by atoms with Gasteiger partial charge in [0.25, 0.3) is 5.56 Å². The molecule has 0 N–H and O–H groups in total. The number of Topliss-reactive ketones (excluding diaryl/α,β-unsaturated/α-hetero) is 1. The van der Waals surface area contributed by atoms with Gasteiger partial charge in [-0.25, -0.2) is 4.68 Å². The lowest BCUT2D eigenvalue weighted by Gasteiger charge is -2.09. The number of benzene rings is 1. The molecule has 1 aromatic carbocycles. The Balaban J connectivity index is 1.77. The molecule has 4 aromatic rings. The first-order chi connectivity index (χ1) is 13.5. The Kier molecular flexibility index (Phi) is 4.67. The lowest BCUT2D eigenvalue weighted by atomic mass is 10.1. The lowest BCUT2D eigenvalue weighted by Crippen LogP contribution is -2.27. The normalized spacial score (nSPS) is 10.9. The maximum Gasteiger partial charge on any atom is 0.267 e. The first-order valence-electron chi connectivity index (χ1n) is 8.40. The maximum absolute atomic E-state index is 12.6. The average Bonchev–Trinajstić information content (AvgIpc) is 3.35. The molecule has 0 aliphatic carbocycles. The molecular formula is C20H14ClN3O4. The van der Waals surface area contributed by atoms with Crippen LogP contribution in [0.5, 0.6) is 0 Å². The Hall–Kier alpha value is -3.45. The van der Waals surface area contributed by atoms with Gasteiger partial charge in [-0.2, -0.15) is 5.10 Å². The highest BCUT2D eigenvalue weighted by molar-refractivity contribution is 6.30. The number of halogens is 1. The van der Waals surface area contributed by atoms with Gasteiger partial charge in [-0.1, -0.05) is 16.8 Å². The number of carbonyl (C=O) groups is 1. The molecule has 28 heavy (non-hydrogen) atoms. The van der Waals surface area contributed by atoms with Crippen molar-refractivity contribution in [3.63, 3.8) is 0 Å². The van der Waals surface area contributed by atoms with Gasteiger partial charge in [0, 0.05) is 22.7 Å². The van der Waals surface area contributed by atoms with Crippen LogP contribution in [-0.2, 0) is 6.54 Å². The van der Waals surface area contributed by atoms with Crippen molar-refractivity contribution in [3.05, 3.63) is 81.4 Å². The van der Waals surface area contributed by atoms with E-state index < -0.39 is 5.56 Å². The number of carbonyl (C=O) groups excluding carboxylic acids is 1. The van der Waals surface area contributed by atoms with E-state index in [0.29, 0.717) is 39.1 Å². The number of ketones is 1. The topological polar surface area (TPSA) is 91.1 Å². The molecule has 0 amide bonds. The van der Waals surface area contributed by atoms with Gasteiger partial charge in [0.15, 0.2) is 17.3 Å². The average molecular weight is 396 g/mol. The van der Waals surface area contributed by atoms with E-state index in [9.17, 15) is 9.59 Å². The smallest absolute Gasteiger partial charge is 0.267 e. The fourth-order valence-electron chi connectivity index (χ4n) is 2.74. The predicted molar refractivity (Wildman–Crippen MR) is 102 cm³/mol. The molecule has 0 saturated carbocycles. The van der Waals surface area contributed by atoms with E-state index in [4.69, 9.17) is 20.5 Å². The summed E-state index contributed by atoms with van der Waals surface area (Å²) < 4.78 is 11.8. The van der Waals surface area contributed by atoms with E-state index >= 15 is 0 Å². The first kappa shape index (κ1) is 17.9. The van der Waals surface area contributed by atoms with Crippen LogP contribution in [0.15, 0.2) is 68.5 Å². The number of hydrogen-bond donors (Lipinski definition) is 0. The van der Waals surface area contributed by atoms with Crippen LogP contribution in [0.25, 0.3) is 22.8 Å². The van der Waals surface area contributed by atoms with Crippen molar-refractivity contribution in [1.29, 1.82) is 0 Å². The summed E-state index contributed by atoms with van der Waals surface area (Å²) in [6.45, 7) is 1.56. The van der Waals surface area contributed by atoms with Gasteiger partial charge >= 0.3 is 0 Å². The fourth-order valence-corrected chi connectivity index (χ4v) is 2.87. The molecule has 0 aliphatic heterocycles. The molecule has 3 heterocycles. The van der Waals surface area contributed by atoms with E-state index in [1.54, 1.807) is 49.4 Å². The van der Waals surface area contributed by atoms with Gasteiger partial charge in [0.1, 0.15) is 12.2 Å². The quantitative estimate of drug-likeness (QED) is 0.474. The summed E-state index contributed by atoms with van der Waals surface area (Å²) in [5.74, 6) is 0.571. The number of aryl methyl sites for hydroxylation is 1. The lowest BCUT2D eigenvalue weighted by molar-refractivity contribution is 0.0966. The number of rotatable bonds is 5. The summed E-state index contributed by atoms with van der Waals surface area (Å²) in [6, 6.07) is 12.9. The Morgan fingerprint density at radius 1 is 1.14 bits per heavy atom. The van der Waals surface area contributed by atoms with Gasteiger partial charge in [-0.15, -0.1) is 0 Å². The zero-order valence-electron chi connectivity index (χ0n) is 14.8. The van der Waals surface area contributed by atoms with Gasteiger partial charge in [-0.3, -0.25) is 9.59 Å². The summed E-state index contributed by atoms with van der Waals surface area (Å²) in [5.41, 5.74) is 1.48. The second-order valence-corrected chi connectivity index (χ2v) is 6.58. The summed E-state index contributed by atoms with van der Waals surface area (Å²) in [4.78, 5) is 25.1. The van der Waals surface area contributed by atoms with Crippen LogP contribution < -0.4 is 5.56 Å². The molecule has 0 aliphatic rings. The second kappa shape index (κ2) is 7.28. The minimum absolute atomic E-state index is 0.218. The van der Waals surface area contributed by atoms with Crippen molar-refractivity contribution < 1.29 is 13.7 Å². The molecule has 8 heteroatoms. The van der Waals surface area contributed by atoms with Crippen LogP contribution in [0.3, 0.4) is 0 Å². The zero-order chi connectivity index (χ0) is 19.7. The van der Waals surface area contributed by atoms with Gasteiger partial charge in [-0.05, 0) is 43.3 Å². The minimum atomic E-state index is -0.443. The standard InChI is InChI=1S/C20H14ClN3O4/c1-12-9-18(28-23-12)15-10-19(26)24(22-20(15)17-3-2-8-27-17)11-16(25)13-4-6-14(21)7-5-13/h2-10H,11H2,1H3. The molecule has 0 radical (unpaired) electrons. The molecule has 4 rings (SSSR count). The fraction of sp³-hybridized carbons (Fsp3) is 0.100. The van der Waals surface area contributed by atoms with Crippen LogP contribution in [0.1, 0.15) is 16.1 Å². The van der Waals surface area contributed by atoms with Gasteiger partial charge in [0.2, 0.25) is 0 Å². The predicted octanol–water partition coefficient (Wildman–Crippen LogP) is 4.00. The van der Waals surface area contributed by atoms with Crippen molar-refractivity contribution in [3.8, 4) is 22.8 Å². The van der Waals surface area contributed by atoms with Crippen molar-refractivity contribution in [1.82, 2.24) is 14.9 Å². The third-order valence-corrected chi connectivity index (χ3v) is 4.36. The third kappa shape index (κ3) is 3.52. The van der Waals surface area contributed by atoms with Crippen LogP contribution in [0.4, 0.5) is 0 Å². The molecule has 0 atom stereocenters. The summed E-state index contributed by atoms with van der Waals surface area (Å²) in [6.07, 6.45) is 1.50. The first-order valence-corrected chi connectivity index (χ1v) is 8.77. The number of furan rings is 1. The number of aromatic nitrogens is 3. The van der Waals surface area contributed by atoms with Gasteiger partial charge < -0.3 is 8.94 Å². The van der Waals surface area contributed by atoms with E-state index in [0.717, 1.165) is 4.68 Å². The van der Waals surface area contributed by atoms with Crippen molar-refractivity contribution in [2.45, 2.75) is 13.5 Å². The Labute approximate surface area is 164 Å². The molecule has 0 unspecified atom stereocenters. The molecule has 140 valence electrons. The summed E-state index contributed by atoms with van der Waals surface area (Å²) in [7, 11) is 0. The van der Waals surface area contributed by atoms with E-state index in [1.165, 1.54) is 12.3 Å². The highest BCUT2D eigenvalue weighted by atomic mass is 35.5. The Morgan fingerprint density at radius 3 is 2.57 bits per heavy atom. The number of hydrogen-bond acceptors (Lipinski definition) is 6. The van der Waals surface area contributed by atoms with Crippen LogP contribution in [0, 0.1) is 6.92 Å². The van der Waals surface area contributed by atoms with Crippen molar-refractivity contribution >= 4 is 17.4 Å². The summed E-state index contributed by atoms with van der Waals surface area (Å²) >= 11 is 5.85. The number of nitrogens with zero attached hydrogens (tertiary/aromatic N) is 3. The molecule has 0 bridgehead atoms. The van der Waals surface area contributed by atoms with Crippen LogP contribution >= 0.6 is 11.6 Å². The SMILES string of the molecule is Cc1cc(-c2cc(=O)n(CC(=O)c3ccc(Cl)cc3)nc2-c2ccco2)on1. The van der Waals surface area contributed by atoms with Crippen molar-refractivity contribution in [2.24, 2.45) is 0 Å². The van der Waals surface area contributed by atoms with Gasteiger partial charge in [0.05, 0.1) is 17.5 Å². The third-order valence-electron chi connectivity index (χ3n) is 4.11. The Bertz CT molecular complexity index is 1190. The van der Waals surface area contributed by atoms with Crippen LogP contribution in [0.2, 0.25) is 5.02 Å². The van der Waals surface area contributed by atoms with Crippen LogP contribution in [-0.4, -0.2) is 20.7 Å². The highest BCUT2D eigenvalue weighted by Gasteiger charge is 2.19. The molecule has 3 aromatic heterocycles. The van der Waals surface area contributed by atoms with E-state index in [1.807, 2.05) is 0 Å².